The Labute approximate surface area is 337 Å². The Bertz CT molecular complexity index is 2960. The number of allylic oxidation sites excluding steroid dienone is 8. The quantitative estimate of drug-likeness (QED) is 0.175. The Morgan fingerprint density at radius 2 is 1.60 bits per heavy atom. The lowest BCUT2D eigenvalue weighted by Crippen LogP contribution is -2.28. The molecule has 4 aromatic carbocycles. The van der Waals surface area contributed by atoms with Crippen LogP contribution in [-0.2, 0) is 12.8 Å². The van der Waals surface area contributed by atoms with E-state index in [1.807, 2.05) is 11.3 Å². The maximum Gasteiger partial charge on any atom is 0.138 e. The van der Waals surface area contributed by atoms with Crippen molar-refractivity contribution in [1.82, 2.24) is 9.55 Å². The molecule has 3 nitrogen and oxygen atoms in total. The minimum Gasteiger partial charge on any atom is -0.333 e. The van der Waals surface area contributed by atoms with E-state index in [9.17, 15) is 0 Å². The Morgan fingerprint density at radius 3 is 2.53 bits per heavy atom. The monoisotopic (exact) mass is 751 g/mol. The van der Waals surface area contributed by atoms with Crippen LogP contribution in [0.4, 0.5) is 11.4 Å². The van der Waals surface area contributed by atoms with Crippen LogP contribution < -0.4 is 4.90 Å². The third-order valence-electron chi connectivity index (χ3n) is 12.8. The molecule has 4 heterocycles. The fourth-order valence-electron chi connectivity index (χ4n) is 10.1. The topological polar surface area (TPSA) is 21.1 Å². The number of nitrogens with zero attached hydrogens (tertiary/aromatic N) is 3. The fourth-order valence-corrected chi connectivity index (χ4v) is 11.2. The SMILES string of the molecule is C1=CCC(c2cc(-c3ccccc3)nc(-n3c4c(c5cc(C6=CC7c8ccccc8N(c8ccc9sc%10c(c9c8)CCC=C%10)C7C=C6)ccc53)C=CCC4)c2)C=C1. The summed E-state index contributed by atoms with van der Waals surface area (Å²) >= 11 is 1.93. The number of aromatic nitrogens is 2. The smallest absolute Gasteiger partial charge is 0.138 e. The minimum absolute atomic E-state index is 0.227. The van der Waals surface area contributed by atoms with E-state index in [2.05, 4.69) is 179 Å². The summed E-state index contributed by atoms with van der Waals surface area (Å²) in [6, 6.07) is 38.8. The van der Waals surface area contributed by atoms with Crippen molar-refractivity contribution in [2.45, 2.75) is 50.0 Å². The molecule has 0 saturated heterocycles. The molecule has 0 radical (unpaired) electrons. The van der Waals surface area contributed by atoms with Gasteiger partial charge in [-0.25, -0.2) is 4.98 Å². The van der Waals surface area contributed by atoms with Gasteiger partial charge in [0.1, 0.15) is 5.82 Å². The average Bonchev–Trinajstić information content (AvgIpc) is 3.94. The number of rotatable bonds is 5. The first-order chi connectivity index (χ1) is 28.2. The molecular weight excluding hydrogens is 711 g/mol. The number of aryl methyl sites for hydroxylation is 1. The molecule has 12 rings (SSSR count). The highest BCUT2D eigenvalue weighted by Crippen LogP contribution is 2.50. The zero-order chi connectivity index (χ0) is 37.5. The molecule has 0 spiro atoms. The highest BCUT2D eigenvalue weighted by Gasteiger charge is 2.38. The average molecular weight is 752 g/mol. The van der Waals surface area contributed by atoms with Crippen molar-refractivity contribution in [1.29, 1.82) is 0 Å². The lowest BCUT2D eigenvalue weighted by Gasteiger charge is -2.30. The van der Waals surface area contributed by atoms with Gasteiger partial charge in [-0.3, -0.25) is 4.57 Å². The van der Waals surface area contributed by atoms with Crippen molar-refractivity contribution < 1.29 is 0 Å². The number of para-hydroxylation sites is 1. The van der Waals surface area contributed by atoms with E-state index in [4.69, 9.17) is 4.98 Å². The summed E-state index contributed by atoms with van der Waals surface area (Å²) < 4.78 is 3.85. The van der Waals surface area contributed by atoms with Crippen LogP contribution in [0.1, 0.15) is 69.5 Å². The Morgan fingerprint density at radius 1 is 0.702 bits per heavy atom. The largest absolute Gasteiger partial charge is 0.333 e. The maximum atomic E-state index is 5.40. The van der Waals surface area contributed by atoms with Gasteiger partial charge in [0, 0.05) is 55.0 Å². The van der Waals surface area contributed by atoms with Gasteiger partial charge in [-0.2, -0.15) is 0 Å². The molecule has 7 aromatic rings. The summed E-state index contributed by atoms with van der Waals surface area (Å²) in [5.74, 6) is 1.59. The van der Waals surface area contributed by atoms with Crippen LogP contribution >= 0.6 is 11.3 Å². The van der Waals surface area contributed by atoms with Crippen LogP contribution in [0, 0.1) is 0 Å². The molecule has 0 saturated carbocycles. The van der Waals surface area contributed by atoms with E-state index in [-0.39, 0.29) is 12.0 Å². The van der Waals surface area contributed by atoms with Crippen LogP contribution in [0.15, 0.2) is 158 Å². The number of fused-ring (bicyclic) bond motifs is 9. The summed E-state index contributed by atoms with van der Waals surface area (Å²) in [6.45, 7) is 0. The zero-order valence-electron chi connectivity index (χ0n) is 31.7. The van der Waals surface area contributed by atoms with Gasteiger partial charge in [0.2, 0.25) is 0 Å². The molecule has 0 fully saturated rings. The molecule has 0 bridgehead atoms. The first-order valence-electron chi connectivity index (χ1n) is 20.5. The van der Waals surface area contributed by atoms with Gasteiger partial charge >= 0.3 is 0 Å². The highest BCUT2D eigenvalue weighted by molar-refractivity contribution is 7.20. The molecule has 4 heteroatoms. The van der Waals surface area contributed by atoms with Crippen molar-refractivity contribution in [2.24, 2.45) is 0 Å². The molecule has 3 atom stereocenters. The summed E-state index contributed by atoms with van der Waals surface area (Å²) in [4.78, 5) is 9.42. The number of pyridine rings is 1. The summed E-state index contributed by atoms with van der Waals surface area (Å²) in [7, 11) is 0. The van der Waals surface area contributed by atoms with Gasteiger partial charge in [-0.1, -0.05) is 115 Å². The van der Waals surface area contributed by atoms with E-state index in [1.165, 1.54) is 76.3 Å². The number of benzene rings is 4. The van der Waals surface area contributed by atoms with Crippen LogP contribution in [0.3, 0.4) is 0 Å². The van der Waals surface area contributed by atoms with E-state index in [0.29, 0.717) is 5.92 Å². The Balaban J connectivity index is 0.950. The summed E-state index contributed by atoms with van der Waals surface area (Å²) in [5.41, 5.74) is 15.4. The van der Waals surface area contributed by atoms with E-state index >= 15 is 0 Å². The van der Waals surface area contributed by atoms with Crippen molar-refractivity contribution in [3.8, 4) is 17.1 Å². The van der Waals surface area contributed by atoms with Gasteiger partial charge in [0.05, 0.1) is 17.3 Å². The van der Waals surface area contributed by atoms with Gasteiger partial charge in [0.25, 0.3) is 0 Å². The first kappa shape index (κ1) is 33.0. The second-order valence-corrected chi connectivity index (χ2v) is 17.1. The third-order valence-corrected chi connectivity index (χ3v) is 14.0. The highest BCUT2D eigenvalue weighted by atomic mass is 32.1. The molecule has 0 N–H and O–H groups in total. The van der Waals surface area contributed by atoms with Crippen molar-refractivity contribution in [2.75, 3.05) is 4.90 Å². The molecule has 3 aromatic heterocycles. The van der Waals surface area contributed by atoms with Crippen LogP contribution in [0.2, 0.25) is 0 Å². The van der Waals surface area contributed by atoms with E-state index in [1.54, 1.807) is 0 Å². The first-order valence-corrected chi connectivity index (χ1v) is 21.3. The van der Waals surface area contributed by atoms with Gasteiger partial charge in [0.15, 0.2) is 0 Å². The third kappa shape index (κ3) is 5.34. The second kappa shape index (κ2) is 13.2. The lowest BCUT2D eigenvalue weighted by molar-refractivity contribution is 0.747. The predicted molar refractivity (Wildman–Crippen MR) is 241 cm³/mol. The Hall–Kier alpha value is -6.23. The molecule has 4 aliphatic carbocycles. The lowest BCUT2D eigenvalue weighted by atomic mass is 9.86. The molecule has 3 unspecified atom stereocenters. The van der Waals surface area contributed by atoms with Crippen molar-refractivity contribution in [3.05, 3.63) is 196 Å². The standard InChI is InChI=1S/C53H41N3S/c1-3-13-34(14-4-1)38-31-46(35-15-5-2-6-16-35)54-53(32-38)56-48-21-11-8-18-41(48)44-30-37(24-27-50(44)56)36-23-26-49-43(29-36)40-17-7-10-20-47(40)55(49)39-25-28-52-45(33-39)42-19-9-12-22-51(42)57-52/h1-8,10,12-13,15-18,20,22-34,43,49H,9,11,14,19,21H2. The predicted octanol–water partition coefficient (Wildman–Crippen LogP) is 13.7. The maximum absolute atomic E-state index is 5.40. The zero-order valence-corrected chi connectivity index (χ0v) is 32.5. The van der Waals surface area contributed by atoms with Gasteiger partial charge in [-0.15, -0.1) is 11.3 Å². The summed E-state index contributed by atoms with van der Waals surface area (Å²) in [5, 5.41) is 2.71. The second-order valence-electron chi connectivity index (χ2n) is 16.0. The molecule has 5 aliphatic rings. The van der Waals surface area contributed by atoms with E-state index in [0.717, 1.165) is 49.2 Å². The van der Waals surface area contributed by atoms with Crippen LogP contribution in [-0.4, -0.2) is 15.6 Å². The molecule has 57 heavy (non-hydrogen) atoms. The molecule has 0 amide bonds. The molecule has 1 aliphatic heterocycles. The summed E-state index contributed by atoms with van der Waals surface area (Å²) in [6.07, 6.45) is 30.9. The molecule has 274 valence electrons. The number of thiophene rings is 1. The molecular formula is C53H41N3S. The fraction of sp³-hybridized carbons (Fsp3) is 0.151. The number of hydrogen-bond donors (Lipinski definition) is 0. The van der Waals surface area contributed by atoms with Gasteiger partial charge < -0.3 is 4.90 Å². The number of hydrogen-bond acceptors (Lipinski definition) is 3. The van der Waals surface area contributed by atoms with Crippen molar-refractivity contribution in [3.63, 3.8) is 0 Å². The van der Waals surface area contributed by atoms with Gasteiger partial charge in [-0.05, 0) is 120 Å². The van der Waals surface area contributed by atoms with Crippen LogP contribution in [0.25, 0.3) is 55.8 Å². The number of anilines is 2. The van der Waals surface area contributed by atoms with E-state index < -0.39 is 0 Å². The van der Waals surface area contributed by atoms with Crippen molar-refractivity contribution >= 4 is 61.4 Å². The Kier molecular flexibility index (Phi) is 7.62. The normalized spacial score (nSPS) is 20.2. The van der Waals surface area contributed by atoms with Crippen LogP contribution in [0.5, 0.6) is 0 Å². The minimum atomic E-state index is 0.227.